The first-order valence-electron chi connectivity index (χ1n) is 10.5. The fourth-order valence-corrected chi connectivity index (χ4v) is 7.41. The van der Waals surface area contributed by atoms with Gasteiger partial charge in [0, 0.05) is 6.07 Å². The maximum Gasteiger partial charge on any atom is 0.306 e. The van der Waals surface area contributed by atoms with Crippen molar-refractivity contribution >= 4 is 23.4 Å². The Hall–Kier alpha value is -4.08. The minimum absolute atomic E-state index is 0.0520. The predicted molar refractivity (Wildman–Crippen MR) is 112 cm³/mol. The number of halogens is 17. The van der Waals surface area contributed by atoms with Gasteiger partial charge in [-0.25, -0.2) is 48.3 Å². The second-order valence-electron chi connectivity index (χ2n) is 8.03. The van der Waals surface area contributed by atoms with Gasteiger partial charge in [0.25, 0.3) is 0 Å². The molecule has 0 unspecified atom stereocenters. The number of benzene rings is 4. The summed E-state index contributed by atoms with van der Waals surface area (Å²) in [6.07, 6.45) is 0. The zero-order valence-electron chi connectivity index (χ0n) is 19.5. The number of hydrogen-bond acceptors (Lipinski definition) is 1. The van der Waals surface area contributed by atoms with Crippen LogP contribution in [0.2, 0.25) is 0 Å². The average molecular weight is 661 g/mol. The van der Waals surface area contributed by atoms with Crippen molar-refractivity contribution in [3.63, 3.8) is 0 Å². The Balaban J connectivity index is 2.48. The molecule has 228 valence electrons. The van der Waals surface area contributed by atoms with Crippen LogP contribution in [0, 0.1) is 98.9 Å². The van der Waals surface area contributed by atoms with Crippen LogP contribution in [0.3, 0.4) is 0 Å². The van der Waals surface area contributed by atoms with Gasteiger partial charge in [0.15, 0.2) is 5.82 Å². The average Bonchev–Trinajstić information content (AvgIpc) is 2.96. The molecule has 0 aliphatic rings. The van der Waals surface area contributed by atoms with Crippen LogP contribution in [0.25, 0.3) is 0 Å². The highest BCUT2D eigenvalue weighted by Crippen LogP contribution is 2.60. The van der Waals surface area contributed by atoms with Gasteiger partial charge in [-0.2, -0.15) is 26.3 Å². The van der Waals surface area contributed by atoms with Gasteiger partial charge < -0.3 is 4.52 Å². The molecule has 0 amide bonds. The van der Waals surface area contributed by atoms with E-state index in [2.05, 4.69) is 4.52 Å². The lowest BCUT2D eigenvalue weighted by molar-refractivity contribution is 0.378. The Morgan fingerprint density at radius 1 is 0.349 bits per heavy atom. The van der Waals surface area contributed by atoms with Crippen LogP contribution in [-0.2, 0) is 0 Å². The lowest BCUT2D eigenvalue weighted by Gasteiger charge is -2.28. The van der Waals surface area contributed by atoms with Gasteiger partial charge in [-0.05, 0) is 12.1 Å². The standard InChI is InChI=1S/C24H3F17OP/c25-4-1-2-6(5(26)3-4)42-43(22-16(36)10(30)7(27)11(31)17(22)37,23-18(38)12(32)8(28)13(33)19(23)39)24-20(40)14(34)9(29)15(35)21(24)41/h1-3H/q+1. The highest BCUT2D eigenvalue weighted by atomic mass is 31.2. The Morgan fingerprint density at radius 3 is 0.860 bits per heavy atom. The normalized spacial score (nSPS) is 11.8. The molecular weight excluding hydrogens is 658 g/mol. The molecule has 0 heterocycles. The molecule has 0 saturated carbocycles. The summed E-state index contributed by atoms with van der Waals surface area (Å²) in [6.45, 7) is 0. The smallest absolute Gasteiger partial charge is 0.306 e. The van der Waals surface area contributed by atoms with Crippen molar-refractivity contribution in [3.8, 4) is 5.75 Å². The van der Waals surface area contributed by atoms with Crippen molar-refractivity contribution in [2.45, 2.75) is 0 Å². The molecule has 0 aliphatic carbocycles. The van der Waals surface area contributed by atoms with Crippen molar-refractivity contribution in [3.05, 3.63) is 117 Å². The summed E-state index contributed by atoms with van der Waals surface area (Å²) in [6, 6.07) is -0.189. The second kappa shape index (κ2) is 10.9. The molecule has 0 spiro atoms. The van der Waals surface area contributed by atoms with Crippen LogP contribution in [0.5, 0.6) is 5.75 Å². The number of rotatable bonds is 5. The predicted octanol–water partition coefficient (Wildman–Crippen LogP) is 7.34. The van der Waals surface area contributed by atoms with E-state index in [4.69, 9.17) is 0 Å². The molecule has 0 fully saturated rings. The first-order chi connectivity index (χ1) is 19.9. The van der Waals surface area contributed by atoms with Gasteiger partial charge in [0.1, 0.15) is 5.82 Å². The lowest BCUT2D eigenvalue weighted by atomic mass is 10.3. The molecule has 19 heteroatoms. The van der Waals surface area contributed by atoms with Crippen LogP contribution in [0.1, 0.15) is 0 Å². The van der Waals surface area contributed by atoms with Crippen LogP contribution in [0.4, 0.5) is 74.6 Å². The van der Waals surface area contributed by atoms with Gasteiger partial charge >= 0.3 is 7.49 Å². The summed E-state index contributed by atoms with van der Waals surface area (Å²) < 4.78 is 252. The van der Waals surface area contributed by atoms with E-state index < -0.39 is 128 Å². The van der Waals surface area contributed by atoms with Crippen molar-refractivity contribution in [1.82, 2.24) is 0 Å². The minimum Gasteiger partial charge on any atom is -0.331 e. The maximum atomic E-state index is 15.3. The van der Waals surface area contributed by atoms with Gasteiger partial charge in [-0.1, -0.05) is 0 Å². The fourth-order valence-electron chi connectivity index (χ4n) is 3.78. The van der Waals surface area contributed by atoms with Gasteiger partial charge in [0.05, 0.1) is 0 Å². The molecule has 43 heavy (non-hydrogen) atoms. The van der Waals surface area contributed by atoms with E-state index in [-0.39, 0.29) is 18.2 Å². The van der Waals surface area contributed by atoms with Crippen molar-refractivity contribution in [2.24, 2.45) is 0 Å². The third-order valence-corrected chi connectivity index (χ3v) is 9.17. The Labute approximate surface area is 226 Å². The molecule has 4 rings (SSSR count). The van der Waals surface area contributed by atoms with E-state index in [1.54, 1.807) is 0 Å². The van der Waals surface area contributed by atoms with Crippen LogP contribution < -0.4 is 20.4 Å². The molecule has 4 aromatic rings. The molecule has 0 aliphatic heterocycles. The van der Waals surface area contributed by atoms with Crippen molar-refractivity contribution in [1.29, 1.82) is 0 Å². The molecule has 0 radical (unpaired) electrons. The largest absolute Gasteiger partial charge is 0.331 e. The van der Waals surface area contributed by atoms with Gasteiger partial charge in [0.2, 0.25) is 109 Å². The zero-order valence-corrected chi connectivity index (χ0v) is 20.4. The summed E-state index contributed by atoms with van der Waals surface area (Å²) in [5, 5.41) is -9.17. The van der Waals surface area contributed by atoms with E-state index in [0.717, 1.165) is 0 Å². The topological polar surface area (TPSA) is 9.23 Å². The first kappa shape index (κ1) is 31.8. The molecule has 0 saturated heterocycles. The molecule has 0 N–H and O–H groups in total. The van der Waals surface area contributed by atoms with E-state index in [9.17, 15) is 48.3 Å². The first-order valence-corrected chi connectivity index (χ1v) is 12.2. The molecule has 4 aromatic carbocycles. The van der Waals surface area contributed by atoms with Gasteiger partial charge in [-0.3, -0.25) is 0 Å². The van der Waals surface area contributed by atoms with Crippen LogP contribution >= 0.6 is 7.49 Å². The summed E-state index contributed by atoms with van der Waals surface area (Å²) in [7, 11) is -7.32. The lowest BCUT2D eigenvalue weighted by Crippen LogP contribution is -2.46. The third kappa shape index (κ3) is 4.53. The van der Waals surface area contributed by atoms with E-state index in [0.29, 0.717) is 0 Å². The van der Waals surface area contributed by atoms with Crippen LogP contribution in [-0.4, -0.2) is 0 Å². The molecule has 0 bridgehead atoms. The molecular formula is C24H3F17OP+. The van der Waals surface area contributed by atoms with Crippen LogP contribution in [0.15, 0.2) is 18.2 Å². The Kier molecular flexibility index (Phi) is 8.06. The number of hydrogen-bond donors (Lipinski definition) is 0. The molecule has 0 aromatic heterocycles. The van der Waals surface area contributed by atoms with E-state index in [1.165, 1.54) is 0 Å². The quantitative estimate of drug-likeness (QED) is 0.0943. The highest BCUT2D eigenvalue weighted by molar-refractivity contribution is 7.92. The third-order valence-electron chi connectivity index (χ3n) is 5.63. The molecule has 0 atom stereocenters. The second-order valence-corrected chi connectivity index (χ2v) is 10.8. The zero-order chi connectivity index (χ0) is 32.5. The summed E-state index contributed by atoms with van der Waals surface area (Å²) in [4.78, 5) is 0. The maximum absolute atomic E-state index is 15.3. The Morgan fingerprint density at radius 2 is 0.605 bits per heavy atom. The molecule has 1 nitrogen and oxygen atoms in total. The summed E-state index contributed by atoms with van der Waals surface area (Å²) in [5.41, 5.74) is 0. The Bertz CT molecular complexity index is 1590. The SMILES string of the molecule is Fc1ccc(O[P+](c2c(F)c(F)c(F)c(F)c2F)(c2c(F)c(F)c(F)c(F)c2F)c2c(F)c(F)c(F)c(F)c2F)c(F)c1. The van der Waals surface area contributed by atoms with E-state index in [1.807, 2.05) is 0 Å². The monoisotopic (exact) mass is 661 g/mol. The summed E-state index contributed by atoms with van der Waals surface area (Å²) >= 11 is 0. The van der Waals surface area contributed by atoms with Crippen molar-refractivity contribution < 1.29 is 79.2 Å². The highest BCUT2D eigenvalue weighted by Gasteiger charge is 2.65. The van der Waals surface area contributed by atoms with Gasteiger partial charge in [-0.15, -0.1) is 0 Å². The minimum atomic E-state index is -7.32. The summed E-state index contributed by atoms with van der Waals surface area (Å²) in [5.74, 6) is -54.5. The fraction of sp³-hybridized carbons (Fsp3) is 0. The van der Waals surface area contributed by atoms with E-state index >= 15 is 26.3 Å². The van der Waals surface area contributed by atoms with Crippen molar-refractivity contribution in [2.75, 3.05) is 0 Å².